The van der Waals surface area contributed by atoms with Crippen molar-refractivity contribution < 1.29 is 14.3 Å². The van der Waals surface area contributed by atoms with Crippen molar-refractivity contribution in [1.29, 1.82) is 0 Å². The Morgan fingerprint density at radius 2 is 1.93 bits per heavy atom. The van der Waals surface area contributed by atoms with Crippen LogP contribution in [0.1, 0.15) is 23.2 Å². The van der Waals surface area contributed by atoms with E-state index in [1.54, 1.807) is 29.3 Å². The molecular weight excluding hydrogens is 348 g/mol. The Balaban J connectivity index is 1.53. The van der Waals surface area contributed by atoms with E-state index in [1.165, 1.54) is 10.6 Å². The van der Waals surface area contributed by atoms with Gasteiger partial charge in [-0.25, -0.2) is 4.98 Å². The van der Waals surface area contributed by atoms with Gasteiger partial charge in [0, 0.05) is 38.6 Å². The van der Waals surface area contributed by atoms with Crippen LogP contribution in [-0.2, 0) is 9.53 Å². The first-order valence-electron chi connectivity index (χ1n) is 9.27. The highest BCUT2D eigenvalue weighted by Gasteiger charge is 2.33. The summed E-state index contributed by atoms with van der Waals surface area (Å²) in [5.74, 6) is -0.508. The van der Waals surface area contributed by atoms with E-state index in [0.29, 0.717) is 45.0 Å². The number of likely N-dealkylation sites (tertiary alicyclic amines) is 1. The number of aromatic nitrogens is 2. The maximum absolute atomic E-state index is 12.9. The molecule has 2 fully saturated rings. The summed E-state index contributed by atoms with van der Waals surface area (Å²) in [6, 6.07) is 5.23. The SMILES string of the molecule is O=C(c1cnc2ccccn2c1=O)N1CCC[C@H](C(=O)N2CCOCC2)C1. The van der Waals surface area contributed by atoms with Crippen LogP contribution in [0.25, 0.3) is 5.65 Å². The summed E-state index contributed by atoms with van der Waals surface area (Å²) >= 11 is 0. The lowest BCUT2D eigenvalue weighted by molar-refractivity contribution is -0.141. The van der Waals surface area contributed by atoms with Crippen molar-refractivity contribution in [2.45, 2.75) is 12.8 Å². The van der Waals surface area contributed by atoms with Crippen molar-refractivity contribution in [3.05, 3.63) is 46.5 Å². The van der Waals surface area contributed by atoms with Crippen molar-refractivity contribution in [2.24, 2.45) is 5.92 Å². The van der Waals surface area contributed by atoms with E-state index in [1.807, 2.05) is 4.90 Å². The second-order valence-corrected chi connectivity index (χ2v) is 6.93. The van der Waals surface area contributed by atoms with Gasteiger partial charge in [-0.1, -0.05) is 6.07 Å². The van der Waals surface area contributed by atoms with Gasteiger partial charge in [-0.2, -0.15) is 0 Å². The lowest BCUT2D eigenvalue weighted by Gasteiger charge is -2.36. The molecule has 0 aliphatic carbocycles. The number of nitrogens with zero attached hydrogens (tertiary/aromatic N) is 4. The zero-order valence-corrected chi connectivity index (χ0v) is 15.0. The molecule has 0 radical (unpaired) electrons. The van der Waals surface area contributed by atoms with Gasteiger partial charge in [0.25, 0.3) is 11.5 Å². The number of hydrogen-bond donors (Lipinski definition) is 0. The Labute approximate surface area is 156 Å². The van der Waals surface area contributed by atoms with E-state index in [9.17, 15) is 14.4 Å². The van der Waals surface area contributed by atoms with Crippen LogP contribution in [0.2, 0.25) is 0 Å². The van der Waals surface area contributed by atoms with E-state index < -0.39 is 0 Å². The molecule has 2 aliphatic rings. The smallest absolute Gasteiger partial charge is 0.270 e. The average molecular weight is 370 g/mol. The molecule has 1 atom stereocenters. The van der Waals surface area contributed by atoms with E-state index in [0.717, 1.165) is 12.8 Å². The molecule has 8 heteroatoms. The highest BCUT2D eigenvalue weighted by Crippen LogP contribution is 2.20. The fourth-order valence-corrected chi connectivity index (χ4v) is 3.75. The number of pyridine rings is 1. The molecular formula is C19H22N4O4. The van der Waals surface area contributed by atoms with Gasteiger partial charge in [0.1, 0.15) is 11.2 Å². The predicted octanol–water partition coefficient (Wildman–Crippen LogP) is 0.405. The summed E-state index contributed by atoms with van der Waals surface area (Å²) in [5.41, 5.74) is 0.156. The number of fused-ring (bicyclic) bond motifs is 1. The molecule has 2 aliphatic heterocycles. The summed E-state index contributed by atoms with van der Waals surface area (Å²) in [4.78, 5) is 46.0. The summed E-state index contributed by atoms with van der Waals surface area (Å²) in [6.07, 6.45) is 4.44. The molecule has 2 amide bonds. The van der Waals surface area contributed by atoms with E-state index in [4.69, 9.17) is 4.74 Å². The lowest BCUT2D eigenvalue weighted by atomic mass is 9.96. The number of carbonyl (C=O) groups excluding carboxylic acids is 2. The molecule has 0 unspecified atom stereocenters. The topological polar surface area (TPSA) is 84.2 Å². The Morgan fingerprint density at radius 1 is 1.11 bits per heavy atom. The minimum atomic E-state index is -0.382. The fourth-order valence-electron chi connectivity index (χ4n) is 3.75. The van der Waals surface area contributed by atoms with Crippen LogP contribution < -0.4 is 5.56 Å². The fraction of sp³-hybridized carbons (Fsp3) is 0.474. The minimum Gasteiger partial charge on any atom is -0.378 e. The van der Waals surface area contributed by atoms with Crippen molar-refractivity contribution in [3.8, 4) is 0 Å². The van der Waals surface area contributed by atoms with Crippen LogP contribution in [0.4, 0.5) is 0 Å². The largest absolute Gasteiger partial charge is 0.378 e. The zero-order chi connectivity index (χ0) is 18.8. The standard InChI is InChI=1S/C19H22N4O4/c24-17(21-8-10-27-11-9-21)14-4-3-6-22(13-14)18(25)15-12-20-16-5-1-2-7-23(16)19(15)26/h1-2,5,7,12,14H,3-4,6,8-11,13H2/t14-/m0/s1. The molecule has 0 saturated carbocycles. The molecule has 4 heterocycles. The quantitative estimate of drug-likeness (QED) is 0.764. The number of hydrogen-bond acceptors (Lipinski definition) is 5. The van der Waals surface area contributed by atoms with E-state index in [2.05, 4.69) is 4.98 Å². The van der Waals surface area contributed by atoms with Crippen LogP contribution in [0.15, 0.2) is 35.4 Å². The predicted molar refractivity (Wildman–Crippen MR) is 97.5 cm³/mol. The van der Waals surface area contributed by atoms with Gasteiger partial charge in [-0.3, -0.25) is 18.8 Å². The minimum absolute atomic E-state index is 0.0400. The molecule has 142 valence electrons. The van der Waals surface area contributed by atoms with Gasteiger partial charge in [-0.15, -0.1) is 0 Å². The van der Waals surface area contributed by atoms with Gasteiger partial charge in [0.15, 0.2) is 0 Å². The monoisotopic (exact) mass is 370 g/mol. The van der Waals surface area contributed by atoms with Crippen LogP contribution in [-0.4, -0.2) is 70.4 Å². The lowest BCUT2D eigenvalue weighted by Crippen LogP contribution is -2.50. The highest BCUT2D eigenvalue weighted by molar-refractivity contribution is 5.94. The summed E-state index contributed by atoms with van der Waals surface area (Å²) in [6.45, 7) is 3.19. The van der Waals surface area contributed by atoms with Crippen molar-refractivity contribution in [1.82, 2.24) is 19.2 Å². The average Bonchev–Trinajstić information content (AvgIpc) is 2.74. The number of rotatable bonds is 2. The molecule has 4 rings (SSSR count). The normalized spacial score (nSPS) is 20.7. The van der Waals surface area contributed by atoms with Crippen LogP contribution >= 0.6 is 0 Å². The molecule has 8 nitrogen and oxygen atoms in total. The number of ether oxygens (including phenoxy) is 1. The van der Waals surface area contributed by atoms with Gasteiger partial charge in [0.05, 0.1) is 19.1 Å². The Kier molecular flexibility index (Phi) is 4.89. The first-order chi connectivity index (χ1) is 13.1. The number of morpholine rings is 1. The van der Waals surface area contributed by atoms with Gasteiger partial charge in [-0.05, 0) is 25.0 Å². The van der Waals surface area contributed by atoms with Gasteiger partial charge in [0.2, 0.25) is 5.91 Å². The first-order valence-corrected chi connectivity index (χ1v) is 9.27. The summed E-state index contributed by atoms with van der Waals surface area (Å²) < 4.78 is 6.67. The van der Waals surface area contributed by atoms with Crippen LogP contribution in [0.5, 0.6) is 0 Å². The molecule has 2 aromatic rings. The van der Waals surface area contributed by atoms with Crippen LogP contribution in [0, 0.1) is 5.92 Å². The number of carbonyl (C=O) groups is 2. The number of amides is 2. The van der Waals surface area contributed by atoms with Gasteiger partial charge < -0.3 is 14.5 Å². The van der Waals surface area contributed by atoms with Crippen LogP contribution in [0.3, 0.4) is 0 Å². The molecule has 0 bridgehead atoms. The Hall–Kier alpha value is -2.74. The van der Waals surface area contributed by atoms with Gasteiger partial charge >= 0.3 is 0 Å². The summed E-state index contributed by atoms with van der Waals surface area (Å²) in [7, 11) is 0. The molecule has 2 saturated heterocycles. The number of piperidine rings is 1. The van der Waals surface area contributed by atoms with E-state index in [-0.39, 0.29) is 28.9 Å². The van der Waals surface area contributed by atoms with Crippen molar-refractivity contribution in [2.75, 3.05) is 39.4 Å². The third-order valence-corrected chi connectivity index (χ3v) is 5.22. The molecule has 2 aromatic heterocycles. The maximum atomic E-state index is 12.9. The Bertz CT molecular complexity index is 919. The maximum Gasteiger partial charge on any atom is 0.270 e. The zero-order valence-electron chi connectivity index (χ0n) is 15.0. The molecule has 0 spiro atoms. The molecule has 0 N–H and O–H groups in total. The first kappa shape index (κ1) is 17.7. The van der Waals surface area contributed by atoms with E-state index >= 15 is 0 Å². The molecule has 0 aromatic carbocycles. The second kappa shape index (κ2) is 7.48. The molecule has 27 heavy (non-hydrogen) atoms. The third kappa shape index (κ3) is 3.44. The second-order valence-electron chi connectivity index (χ2n) is 6.93. The highest BCUT2D eigenvalue weighted by atomic mass is 16.5. The summed E-state index contributed by atoms with van der Waals surface area (Å²) in [5, 5.41) is 0. The van der Waals surface area contributed by atoms with Crippen molar-refractivity contribution >= 4 is 17.5 Å². The Morgan fingerprint density at radius 3 is 2.74 bits per heavy atom. The third-order valence-electron chi connectivity index (χ3n) is 5.22. The van der Waals surface area contributed by atoms with Crippen molar-refractivity contribution in [3.63, 3.8) is 0 Å².